The zero-order valence-corrected chi connectivity index (χ0v) is 15.0. The number of hydrogen-bond acceptors (Lipinski definition) is 2. The van der Waals surface area contributed by atoms with Crippen LogP contribution < -0.4 is 4.74 Å². The quantitative estimate of drug-likeness (QED) is 0.736. The Labute approximate surface area is 141 Å². The first-order chi connectivity index (χ1) is 11.0. The van der Waals surface area contributed by atoms with Crippen molar-refractivity contribution in [3.63, 3.8) is 0 Å². The summed E-state index contributed by atoms with van der Waals surface area (Å²) in [5.41, 5.74) is 1.18. The molecule has 1 aromatic rings. The molecule has 3 nitrogen and oxygen atoms in total. The summed E-state index contributed by atoms with van der Waals surface area (Å²) in [4.78, 5) is 14.4. The van der Waals surface area contributed by atoms with Gasteiger partial charge in [0.1, 0.15) is 5.75 Å². The Balaban J connectivity index is 1.91. The summed E-state index contributed by atoms with van der Waals surface area (Å²) in [5, 5.41) is 0. The van der Waals surface area contributed by atoms with E-state index < -0.39 is 0 Å². The van der Waals surface area contributed by atoms with Crippen molar-refractivity contribution in [2.75, 3.05) is 0 Å². The SMILES string of the molecule is CC(C)N(C(=O)CCc1cccc(OC2CCCC2)c1)C(C)C. The van der Waals surface area contributed by atoms with Gasteiger partial charge in [-0.3, -0.25) is 4.79 Å². The molecule has 1 aromatic carbocycles. The molecule has 1 aliphatic rings. The third kappa shape index (κ3) is 5.26. The van der Waals surface area contributed by atoms with E-state index in [4.69, 9.17) is 4.74 Å². The largest absolute Gasteiger partial charge is 0.490 e. The number of carbonyl (C=O) groups is 1. The van der Waals surface area contributed by atoms with Gasteiger partial charge in [-0.1, -0.05) is 12.1 Å². The van der Waals surface area contributed by atoms with Gasteiger partial charge in [-0.2, -0.15) is 0 Å². The van der Waals surface area contributed by atoms with Crippen LogP contribution in [0.2, 0.25) is 0 Å². The van der Waals surface area contributed by atoms with Gasteiger partial charge < -0.3 is 9.64 Å². The van der Waals surface area contributed by atoms with Crippen molar-refractivity contribution in [1.29, 1.82) is 0 Å². The average molecular weight is 317 g/mol. The van der Waals surface area contributed by atoms with Gasteiger partial charge in [-0.25, -0.2) is 0 Å². The van der Waals surface area contributed by atoms with Crippen LogP contribution in [0.1, 0.15) is 65.4 Å². The average Bonchev–Trinajstić information content (AvgIpc) is 2.97. The van der Waals surface area contributed by atoms with Gasteiger partial charge in [0.05, 0.1) is 6.10 Å². The van der Waals surface area contributed by atoms with Gasteiger partial charge in [0.2, 0.25) is 5.91 Å². The molecule has 0 radical (unpaired) electrons. The zero-order valence-electron chi connectivity index (χ0n) is 15.0. The first-order valence-electron chi connectivity index (χ1n) is 9.04. The summed E-state index contributed by atoms with van der Waals surface area (Å²) in [5.74, 6) is 1.18. The van der Waals surface area contributed by atoms with E-state index in [1.54, 1.807) is 0 Å². The highest BCUT2D eigenvalue weighted by molar-refractivity contribution is 5.77. The van der Waals surface area contributed by atoms with Crippen LogP contribution in [-0.2, 0) is 11.2 Å². The van der Waals surface area contributed by atoms with Crippen molar-refractivity contribution in [2.24, 2.45) is 0 Å². The maximum absolute atomic E-state index is 12.5. The second-order valence-corrected chi connectivity index (χ2v) is 7.16. The smallest absolute Gasteiger partial charge is 0.223 e. The van der Waals surface area contributed by atoms with E-state index in [2.05, 4.69) is 39.8 Å². The van der Waals surface area contributed by atoms with Crippen LogP contribution in [0.15, 0.2) is 24.3 Å². The van der Waals surface area contributed by atoms with Crippen molar-refractivity contribution >= 4 is 5.91 Å². The molecule has 0 heterocycles. The predicted molar refractivity (Wildman–Crippen MR) is 94.8 cm³/mol. The number of ether oxygens (including phenoxy) is 1. The van der Waals surface area contributed by atoms with Gasteiger partial charge in [0, 0.05) is 18.5 Å². The number of carbonyl (C=O) groups excluding carboxylic acids is 1. The zero-order chi connectivity index (χ0) is 16.8. The standard InChI is InChI=1S/C20H31NO2/c1-15(2)21(16(3)4)20(22)13-12-17-8-7-11-19(14-17)23-18-9-5-6-10-18/h7-8,11,14-16,18H,5-6,9-10,12-13H2,1-4H3. The van der Waals surface area contributed by atoms with E-state index in [1.807, 2.05) is 17.0 Å². The molecule has 1 amide bonds. The highest BCUT2D eigenvalue weighted by Gasteiger charge is 2.20. The lowest BCUT2D eigenvalue weighted by atomic mass is 10.1. The number of nitrogens with zero attached hydrogens (tertiary/aromatic N) is 1. The number of benzene rings is 1. The molecule has 0 spiro atoms. The van der Waals surface area contributed by atoms with E-state index in [0.29, 0.717) is 12.5 Å². The molecular weight excluding hydrogens is 286 g/mol. The van der Waals surface area contributed by atoms with Crippen LogP contribution in [0.25, 0.3) is 0 Å². The molecule has 128 valence electrons. The van der Waals surface area contributed by atoms with Crippen molar-refractivity contribution in [2.45, 2.75) is 84.4 Å². The molecule has 0 aromatic heterocycles. The minimum Gasteiger partial charge on any atom is -0.490 e. The first-order valence-corrected chi connectivity index (χ1v) is 9.04. The van der Waals surface area contributed by atoms with E-state index in [-0.39, 0.29) is 18.0 Å². The lowest BCUT2D eigenvalue weighted by Gasteiger charge is -2.31. The Morgan fingerprint density at radius 2 is 1.83 bits per heavy atom. The summed E-state index contributed by atoms with van der Waals surface area (Å²) in [6, 6.07) is 8.74. The number of aryl methyl sites for hydroxylation is 1. The highest BCUT2D eigenvalue weighted by atomic mass is 16.5. The normalized spacial score (nSPS) is 15.4. The molecule has 0 atom stereocenters. The van der Waals surface area contributed by atoms with E-state index in [9.17, 15) is 4.79 Å². The van der Waals surface area contributed by atoms with Crippen molar-refractivity contribution in [1.82, 2.24) is 4.90 Å². The monoisotopic (exact) mass is 317 g/mol. The molecule has 0 saturated heterocycles. The first kappa shape index (κ1) is 17.8. The molecular formula is C20H31NO2. The maximum Gasteiger partial charge on any atom is 0.223 e. The van der Waals surface area contributed by atoms with E-state index in [0.717, 1.165) is 12.2 Å². The molecule has 0 unspecified atom stereocenters. The highest BCUT2D eigenvalue weighted by Crippen LogP contribution is 2.25. The van der Waals surface area contributed by atoms with Crippen LogP contribution in [0.5, 0.6) is 5.75 Å². The van der Waals surface area contributed by atoms with Crippen LogP contribution >= 0.6 is 0 Å². The topological polar surface area (TPSA) is 29.5 Å². The molecule has 23 heavy (non-hydrogen) atoms. The molecule has 2 rings (SSSR count). The Kier molecular flexibility index (Phi) is 6.49. The Morgan fingerprint density at radius 1 is 1.17 bits per heavy atom. The van der Waals surface area contributed by atoms with Gasteiger partial charge in [-0.15, -0.1) is 0 Å². The van der Waals surface area contributed by atoms with Crippen LogP contribution in [-0.4, -0.2) is 29.0 Å². The fourth-order valence-corrected chi connectivity index (χ4v) is 3.53. The predicted octanol–water partition coefficient (Wildman–Crippen LogP) is 4.59. The van der Waals surface area contributed by atoms with Gasteiger partial charge in [-0.05, 0) is 77.5 Å². The third-order valence-corrected chi connectivity index (χ3v) is 4.53. The maximum atomic E-state index is 12.5. The van der Waals surface area contributed by atoms with Gasteiger partial charge in [0.25, 0.3) is 0 Å². The summed E-state index contributed by atoms with van der Waals surface area (Å²) < 4.78 is 6.05. The van der Waals surface area contributed by atoms with Gasteiger partial charge in [0.15, 0.2) is 0 Å². The Hall–Kier alpha value is -1.51. The minimum absolute atomic E-state index is 0.233. The summed E-state index contributed by atoms with van der Waals surface area (Å²) in [6.07, 6.45) is 6.60. The van der Waals surface area contributed by atoms with Crippen molar-refractivity contribution in [3.8, 4) is 5.75 Å². The summed E-state index contributed by atoms with van der Waals surface area (Å²) in [6.45, 7) is 8.31. The number of hydrogen-bond donors (Lipinski definition) is 0. The lowest BCUT2D eigenvalue weighted by molar-refractivity contribution is -0.134. The fourth-order valence-electron chi connectivity index (χ4n) is 3.53. The molecule has 3 heteroatoms. The minimum atomic E-state index is 0.233. The number of rotatable bonds is 7. The lowest BCUT2D eigenvalue weighted by Crippen LogP contribution is -2.42. The molecule has 1 aliphatic carbocycles. The van der Waals surface area contributed by atoms with Crippen molar-refractivity contribution < 1.29 is 9.53 Å². The summed E-state index contributed by atoms with van der Waals surface area (Å²) in [7, 11) is 0. The number of amides is 1. The molecule has 1 saturated carbocycles. The summed E-state index contributed by atoms with van der Waals surface area (Å²) >= 11 is 0. The third-order valence-electron chi connectivity index (χ3n) is 4.53. The van der Waals surface area contributed by atoms with Crippen LogP contribution in [0.3, 0.4) is 0 Å². The Bertz CT molecular complexity index is 496. The van der Waals surface area contributed by atoms with E-state index >= 15 is 0 Å². The van der Waals surface area contributed by atoms with Crippen LogP contribution in [0.4, 0.5) is 0 Å². The molecule has 1 fully saturated rings. The second-order valence-electron chi connectivity index (χ2n) is 7.16. The molecule has 0 aliphatic heterocycles. The van der Waals surface area contributed by atoms with Crippen LogP contribution in [0, 0.1) is 0 Å². The Morgan fingerprint density at radius 3 is 2.43 bits per heavy atom. The van der Waals surface area contributed by atoms with Gasteiger partial charge >= 0.3 is 0 Å². The van der Waals surface area contributed by atoms with E-state index in [1.165, 1.54) is 31.2 Å². The van der Waals surface area contributed by atoms with Crippen molar-refractivity contribution in [3.05, 3.63) is 29.8 Å². The molecule has 0 N–H and O–H groups in total. The second kappa shape index (κ2) is 8.37. The fraction of sp³-hybridized carbons (Fsp3) is 0.650. The molecule has 0 bridgehead atoms.